The molecule has 1 saturated heterocycles. The molecule has 0 radical (unpaired) electrons. The van der Waals surface area contributed by atoms with Gasteiger partial charge in [-0.1, -0.05) is 6.92 Å². The number of piperazine rings is 1. The van der Waals surface area contributed by atoms with Gasteiger partial charge in [0, 0.05) is 39.0 Å². The van der Waals surface area contributed by atoms with Gasteiger partial charge in [-0.3, -0.25) is 19.3 Å². The molecule has 0 aromatic carbocycles. The lowest BCUT2D eigenvalue weighted by atomic mass is 10.1. The number of aliphatic carboxylic acids is 1. The first kappa shape index (κ1) is 17.4. The van der Waals surface area contributed by atoms with Gasteiger partial charge in [-0.25, -0.2) is 0 Å². The second-order valence-corrected chi connectivity index (χ2v) is 4.93. The van der Waals surface area contributed by atoms with Crippen LogP contribution in [0.25, 0.3) is 0 Å². The molecule has 1 unspecified atom stereocenters. The number of nitrogens with two attached hydrogens (primary N) is 1. The summed E-state index contributed by atoms with van der Waals surface area (Å²) >= 11 is 0. The van der Waals surface area contributed by atoms with Gasteiger partial charge in [0.05, 0.1) is 12.6 Å². The summed E-state index contributed by atoms with van der Waals surface area (Å²) in [7, 11) is 0. The Kier molecular flexibility index (Phi) is 7.10. The quantitative estimate of drug-likeness (QED) is 0.573. The van der Waals surface area contributed by atoms with Crippen LogP contribution in [0.1, 0.15) is 19.8 Å². The van der Waals surface area contributed by atoms with Crippen molar-refractivity contribution >= 4 is 17.8 Å². The zero-order chi connectivity index (χ0) is 15.8. The van der Waals surface area contributed by atoms with Crippen molar-refractivity contribution in [1.82, 2.24) is 9.80 Å². The van der Waals surface area contributed by atoms with Crippen molar-refractivity contribution in [2.45, 2.75) is 25.8 Å². The number of amides is 1. The van der Waals surface area contributed by atoms with Crippen molar-refractivity contribution in [1.29, 1.82) is 0 Å². The first-order valence-electron chi connectivity index (χ1n) is 7.07. The summed E-state index contributed by atoms with van der Waals surface area (Å²) in [4.78, 5) is 37.4. The summed E-state index contributed by atoms with van der Waals surface area (Å²) in [5, 5.41) is 8.92. The Hall–Kier alpha value is -1.67. The largest absolute Gasteiger partial charge is 0.480 e. The lowest BCUT2D eigenvalue weighted by molar-refractivity contribution is -0.148. The molecule has 0 spiro atoms. The number of nitrogens with zero attached hydrogens (tertiary/aromatic N) is 2. The molecule has 0 aliphatic carbocycles. The van der Waals surface area contributed by atoms with Crippen LogP contribution in [0.4, 0.5) is 0 Å². The molecule has 8 nitrogen and oxygen atoms in total. The highest BCUT2D eigenvalue weighted by Gasteiger charge is 2.31. The number of esters is 1. The van der Waals surface area contributed by atoms with Gasteiger partial charge in [0.15, 0.2) is 0 Å². The third-order valence-corrected chi connectivity index (χ3v) is 3.38. The molecule has 1 aliphatic heterocycles. The number of carboxylic acid groups (broad SMARTS) is 1. The molecular weight excluding hydrogens is 278 g/mol. The molecule has 120 valence electrons. The van der Waals surface area contributed by atoms with Crippen LogP contribution in [0.5, 0.6) is 0 Å². The lowest BCUT2D eigenvalue weighted by Crippen LogP contribution is -2.57. The minimum Gasteiger partial charge on any atom is -0.480 e. The zero-order valence-electron chi connectivity index (χ0n) is 12.3. The van der Waals surface area contributed by atoms with Gasteiger partial charge in [-0.05, 0) is 0 Å². The molecule has 3 N–H and O–H groups in total. The van der Waals surface area contributed by atoms with Crippen LogP contribution in [0.2, 0.25) is 0 Å². The third-order valence-electron chi connectivity index (χ3n) is 3.38. The van der Waals surface area contributed by atoms with E-state index in [9.17, 15) is 14.4 Å². The highest BCUT2D eigenvalue weighted by atomic mass is 16.5. The third kappa shape index (κ3) is 5.68. The summed E-state index contributed by atoms with van der Waals surface area (Å²) in [5.74, 6) is -1.33. The van der Waals surface area contributed by atoms with E-state index in [0.717, 1.165) is 0 Å². The van der Waals surface area contributed by atoms with E-state index in [2.05, 4.69) is 0 Å². The normalized spacial score (nSPS) is 19.3. The maximum absolute atomic E-state index is 11.9. The Morgan fingerprint density at radius 3 is 2.62 bits per heavy atom. The number of rotatable bonds is 7. The smallest absolute Gasteiger partial charge is 0.317 e. The first-order chi connectivity index (χ1) is 9.97. The molecule has 0 aromatic rings. The minimum absolute atomic E-state index is 0.0562. The van der Waals surface area contributed by atoms with Gasteiger partial charge in [0.25, 0.3) is 0 Å². The summed E-state index contributed by atoms with van der Waals surface area (Å²) in [6, 6.07) is -0.299. The van der Waals surface area contributed by atoms with Crippen molar-refractivity contribution in [2.75, 3.05) is 39.3 Å². The first-order valence-corrected chi connectivity index (χ1v) is 7.07. The number of hydrogen-bond acceptors (Lipinski definition) is 6. The fraction of sp³-hybridized carbons (Fsp3) is 0.769. The van der Waals surface area contributed by atoms with E-state index in [1.165, 1.54) is 0 Å². The van der Waals surface area contributed by atoms with Crippen molar-refractivity contribution in [3.63, 3.8) is 0 Å². The maximum Gasteiger partial charge on any atom is 0.317 e. The van der Waals surface area contributed by atoms with E-state index < -0.39 is 5.97 Å². The van der Waals surface area contributed by atoms with E-state index in [0.29, 0.717) is 19.6 Å². The van der Waals surface area contributed by atoms with Crippen LogP contribution < -0.4 is 5.73 Å². The second kappa shape index (κ2) is 8.58. The Balaban J connectivity index is 2.64. The molecule has 0 bridgehead atoms. The molecule has 8 heteroatoms. The van der Waals surface area contributed by atoms with Crippen molar-refractivity contribution in [2.24, 2.45) is 5.73 Å². The van der Waals surface area contributed by atoms with Gasteiger partial charge in [0.1, 0.15) is 6.61 Å². The van der Waals surface area contributed by atoms with E-state index in [-0.39, 0.29) is 50.5 Å². The van der Waals surface area contributed by atoms with Gasteiger partial charge in [0.2, 0.25) is 5.91 Å². The Morgan fingerprint density at radius 2 is 2.05 bits per heavy atom. The molecule has 1 aliphatic rings. The summed E-state index contributed by atoms with van der Waals surface area (Å²) in [5.41, 5.74) is 5.38. The zero-order valence-corrected chi connectivity index (χ0v) is 12.3. The highest BCUT2D eigenvalue weighted by Crippen LogP contribution is 2.12. The minimum atomic E-state index is -0.941. The summed E-state index contributed by atoms with van der Waals surface area (Å²) < 4.78 is 5.09. The molecule has 0 saturated carbocycles. The molecule has 0 aromatic heterocycles. The highest BCUT2D eigenvalue weighted by molar-refractivity contribution is 5.76. The molecule has 1 rings (SSSR count). The number of carboxylic acids is 1. The van der Waals surface area contributed by atoms with Gasteiger partial charge in [-0.15, -0.1) is 0 Å². The standard InChI is InChI=1S/C13H23N3O5/c1-2-13(20)21-9-10-7-16(11(17)3-4-14)6-5-15(10)8-12(18)19/h10H,2-9,14H2,1H3,(H,18,19). The second-order valence-electron chi connectivity index (χ2n) is 4.93. The van der Waals surface area contributed by atoms with Gasteiger partial charge >= 0.3 is 11.9 Å². The van der Waals surface area contributed by atoms with Crippen LogP contribution >= 0.6 is 0 Å². The predicted octanol–water partition coefficient (Wildman–Crippen LogP) is -1.11. The molecular formula is C13H23N3O5. The van der Waals surface area contributed by atoms with Crippen molar-refractivity contribution in [3.05, 3.63) is 0 Å². The number of hydrogen-bond donors (Lipinski definition) is 2. The number of carbonyl (C=O) groups excluding carboxylic acids is 2. The average molecular weight is 301 g/mol. The van der Waals surface area contributed by atoms with Crippen LogP contribution in [-0.4, -0.2) is 78.1 Å². The Bertz CT molecular complexity index is 388. The van der Waals surface area contributed by atoms with Crippen LogP contribution in [0.15, 0.2) is 0 Å². The molecule has 21 heavy (non-hydrogen) atoms. The van der Waals surface area contributed by atoms with Crippen LogP contribution in [0.3, 0.4) is 0 Å². The lowest BCUT2D eigenvalue weighted by Gasteiger charge is -2.40. The van der Waals surface area contributed by atoms with E-state index in [1.54, 1.807) is 16.7 Å². The molecule has 1 fully saturated rings. The van der Waals surface area contributed by atoms with Gasteiger partial charge < -0.3 is 20.5 Å². The molecule has 1 amide bonds. The van der Waals surface area contributed by atoms with Crippen LogP contribution in [-0.2, 0) is 19.1 Å². The average Bonchev–Trinajstić information content (AvgIpc) is 2.45. The van der Waals surface area contributed by atoms with E-state index in [1.807, 2.05) is 0 Å². The fourth-order valence-corrected chi connectivity index (χ4v) is 2.23. The van der Waals surface area contributed by atoms with Gasteiger partial charge in [-0.2, -0.15) is 0 Å². The predicted molar refractivity (Wildman–Crippen MR) is 74.5 cm³/mol. The van der Waals surface area contributed by atoms with Crippen LogP contribution in [0, 0.1) is 0 Å². The van der Waals surface area contributed by atoms with Crippen molar-refractivity contribution in [3.8, 4) is 0 Å². The van der Waals surface area contributed by atoms with Crippen molar-refractivity contribution < 1.29 is 24.2 Å². The summed E-state index contributed by atoms with van der Waals surface area (Å²) in [6.07, 6.45) is 0.530. The molecule has 1 heterocycles. The Labute approximate surface area is 123 Å². The maximum atomic E-state index is 11.9. The Morgan fingerprint density at radius 1 is 1.33 bits per heavy atom. The van der Waals surface area contributed by atoms with E-state index in [4.69, 9.17) is 15.6 Å². The number of carbonyl (C=O) groups is 3. The number of ether oxygens (including phenoxy) is 1. The van der Waals surface area contributed by atoms with E-state index >= 15 is 0 Å². The fourth-order valence-electron chi connectivity index (χ4n) is 2.23. The monoisotopic (exact) mass is 301 g/mol. The molecule has 1 atom stereocenters. The summed E-state index contributed by atoms with van der Waals surface area (Å²) in [6.45, 7) is 3.18. The SMILES string of the molecule is CCC(=O)OCC1CN(C(=O)CCN)CCN1CC(=O)O. The topological polar surface area (TPSA) is 113 Å².